The number of carbonyl (C=O) groups excluding carboxylic acids is 1. The molecule has 3 aliphatic rings. The van der Waals surface area contributed by atoms with E-state index in [1.165, 1.54) is 25.7 Å². The third kappa shape index (κ3) is 1.18. The zero-order chi connectivity index (χ0) is 9.69. The zero-order valence-electron chi connectivity index (χ0n) is 8.81. The van der Waals surface area contributed by atoms with Crippen LogP contribution >= 0.6 is 0 Å². The maximum absolute atomic E-state index is 11.0. The Balaban J connectivity index is 2.02. The van der Waals surface area contributed by atoms with Gasteiger partial charge >= 0.3 is 0 Å². The molecule has 0 unspecified atom stereocenters. The summed E-state index contributed by atoms with van der Waals surface area (Å²) in [5.74, 6) is 0.913. The first-order valence-electron chi connectivity index (χ1n) is 5.27. The standard InChI is InChI=1S/C11H19NO/c1-8(2)10-4-5-11(6-10,7-10)12-9(3)13/h8H,4-7H2,1-3H3,(H,12,13). The molecule has 0 radical (unpaired) electrons. The van der Waals surface area contributed by atoms with Crippen LogP contribution in [0.2, 0.25) is 0 Å². The summed E-state index contributed by atoms with van der Waals surface area (Å²) >= 11 is 0. The van der Waals surface area contributed by atoms with Gasteiger partial charge in [0.1, 0.15) is 0 Å². The van der Waals surface area contributed by atoms with Gasteiger partial charge in [-0.25, -0.2) is 0 Å². The number of carbonyl (C=O) groups is 1. The predicted octanol–water partition coefficient (Wildman–Crippen LogP) is 2.09. The van der Waals surface area contributed by atoms with E-state index in [-0.39, 0.29) is 11.4 Å². The molecule has 2 heteroatoms. The van der Waals surface area contributed by atoms with Crippen LogP contribution in [0.3, 0.4) is 0 Å². The Morgan fingerprint density at radius 1 is 1.31 bits per heavy atom. The lowest BCUT2D eigenvalue weighted by Crippen LogP contribution is -2.56. The Hall–Kier alpha value is -0.530. The average molecular weight is 181 g/mol. The lowest BCUT2D eigenvalue weighted by Gasteiger charge is -2.50. The van der Waals surface area contributed by atoms with Crippen molar-refractivity contribution >= 4 is 5.91 Å². The summed E-state index contributed by atoms with van der Waals surface area (Å²) in [6, 6.07) is 0. The van der Waals surface area contributed by atoms with Gasteiger partial charge in [-0.2, -0.15) is 0 Å². The SMILES string of the molecule is CC(=O)NC12CCC(C(C)C)(C1)C2. The van der Waals surface area contributed by atoms with Crippen LogP contribution in [0, 0.1) is 11.3 Å². The molecule has 3 rings (SSSR count). The maximum Gasteiger partial charge on any atom is 0.217 e. The molecular weight excluding hydrogens is 162 g/mol. The highest BCUT2D eigenvalue weighted by atomic mass is 16.1. The molecule has 1 amide bonds. The Labute approximate surface area is 80.1 Å². The van der Waals surface area contributed by atoms with Crippen LogP contribution in [0.5, 0.6) is 0 Å². The van der Waals surface area contributed by atoms with Crippen LogP contribution in [0.15, 0.2) is 0 Å². The molecule has 3 saturated carbocycles. The molecule has 0 aliphatic heterocycles. The lowest BCUT2D eigenvalue weighted by atomic mass is 9.60. The average Bonchev–Trinajstić information content (AvgIpc) is 2.39. The first-order valence-corrected chi connectivity index (χ1v) is 5.27. The zero-order valence-corrected chi connectivity index (χ0v) is 8.81. The minimum atomic E-state index is 0.138. The van der Waals surface area contributed by atoms with Crippen molar-refractivity contribution in [3.05, 3.63) is 0 Å². The predicted molar refractivity (Wildman–Crippen MR) is 52.3 cm³/mol. The minimum Gasteiger partial charge on any atom is -0.351 e. The molecule has 74 valence electrons. The van der Waals surface area contributed by atoms with Crippen LogP contribution in [-0.4, -0.2) is 11.4 Å². The molecule has 0 aromatic rings. The fourth-order valence-electron chi connectivity index (χ4n) is 3.36. The largest absolute Gasteiger partial charge is 0.351 e. The van der Waals surface area contributed by atoms with Gasteiger partial charge in [0.05, 0.1) is 0 Å². The Kier molecular flexibility index (Phi) is 1.73. The van der Waals surface area contributed by atoms with Gasteiger partial charge in [-0.05, 0) is 37.0 Å². The van der Waals surface area contributed by atoms with Crippen LogP contribution in [-0.2, 0) is 4.79 Å². The number of hydrogen-bond donors (Lipinski definition) is 1. The summed E-state index contributed by atoms with van der Waals surface area (Å²) in [5.41, 5.74) is 0.776. The molecule has 1 N–H and O–H groups in total. The summed E-state index contributed by atoms with van der Waals surface area (Å²) in [6.45, 7) is 6.24. The van der Waals surface area contributed by atoms with E-state index in [2.05, 4.69) is 19.2 Å². The molecule has 0 atom stereocenters. The van der Waals surface area contributed by atoms with Crippen molar-refractivity contribution in [3.8, 4) is 0 Å². The van der Waals surface area contributed by atoms with Crippen molar-refractivity contribution in [1.29, 1.82) is 0 Å². The van der Waals surface area contributed by atoms with Crippen molar-refractivity contribution in [3.63, 3.8) is 0 Å². The first-order chi connectivity index (χ1) is 5.98. The highest BCUT2D eigenvalue weighted by Crippen LogP contribution is 2.64. The van der Waals surface area contributed by atoms with Gasteiger partial charge < -0.3 is 5.32 Å². The van der Waals surface area contributed by atoms with E-state index < -0.39 is 0 Å². The van der Waals surface area contributed by atoms with E-state index in [1.807, 2.05) is 0 Å². The summed E-state index contributed by atoms with van der Waals surface area (Å²) < 4.78 is 0. The summed E-state index contributed by atoms with van der Waals surface area (Å²) in [5, 5.41) is 3.12. The number of amides is 1. The van der Waals surface area contributed by atoms with Crippen molar-refractivity contribution in [1.82, 2.24) is 5.32 Å². The van der Waals surface area contributed by atoms with Gasteiger partial charge in [0.2, 0.25) is 5.91 Å². The summed E-state index contributed by atoms with van der Waals surface area (Å²) in [4.78, 5) is 11.0. The molecule has 0 heterocycles. The fraction of sp³-hybridized carbons (Fsp3) is 0.909. The maximum atomic E-state index is 11.0. The van der Waals surface area contributed by atoms with Crippen LogP contribution in [0.1, 0.15) is 46.5 Å². The van der Waals surface area contributed by atoms with E-state index >= 15 is 0 Å². The molecule has 3 fully saturated rings. The fourth-order valence-corrected chi connectivity index (χ4v) is 3.36. The van der Waals surface area contributed by atoms with Crippen molar-refractivity contribution < 1.29 is 4.79 Å². The molecule has 0 aromatic carbocycles. The second-order valence-corrected chi connectivity index (χ2v) is 5.33. The van der Waals surface area contributed by atoms with Gasteiger partial charge in [-0.3, -0.25) is 4.79 Å². The van der Waals surface area contributed by atoms with Gasteiger partial charge in [0.15, 0.2) is 0 Å². The van der Waals surface area contributed by atoms with E-state index in [0.717, 1.165) is 5.92 Å². The Morgan fingerprint density at radius 3 is 2.31 bits per heavy atom. The summed E-state index contributed by atoms with van der Waals surface area (Å²) in [7, 11) is 0. The van der Waals surface area contributed by atoms with Crippen molar-refractivity contribution in [2.75, 3.05) is 0 Å². The second kappa shape index (κ2) is 2.49. The molecule has 0 aromatic heterocycles. The quantitative estimate of drug-likeness (QED) is 0.694. The van der Waals surface area contributed by atoms with E-state index in [1.54, 1.807) is 6.92 Å². The molecule has 0 spiro atoms. The van der Waals surface area contributed by atoms with Gasteiger partial charge in [-0.15, -0.1) is 0 Å². The second-order valence-electron chi connectivity index (χ2n) is 5.33. The molecule has 2 bridgehead atoms. The van der Waals surface area contributed by atoms with Crippen molar-refractivity contribution in [2.45, 2.75) is 52.0 Å². The van der Waals surface area contributed by atoms with E-state index in [4.69, 9.17) is 0 Å². The highest BCUT2D eigenvalue weighted by Gasteiger charge is 2.61. The van der Waals surface area contributed by atoms with Crippen LogP contribution < -0.4 is 5.32 Å². The summed E-state index contributed by atoms with van der Waals surface area (Å²) in [6.07, 6.45) is 4.95. The van der Waals surface area contributed by atoms with Crippen LogP contribution in [0.25, 0.3) is 0 Å². The minimum absolute atomic E-state index is 0.138. The molecule has 13 heavy (non-hydrogen) atoms. The smallest absolute Gasteiger partial charge is 0.217 e. The van der Waals surface area contributed by atoms with Gasteiger partial charge in [-0.1, -0.05) is 13.8 Å². The Bertz CT molecular complexity index is 238. The molecule has 2 nitrogen and oxygen atoms in total. The topological polar surface area (TPSA) is 29.1 Å². The van der Waals surface area contributed by atoms with Gasteiger partial charge in [0.25, 0.3) is 0 Å². The number of nitrogens with one attached hydrogen (secondary N) is 1. The van der Waals surface area contributed by atoms with Crippen molar-refractivity contribution in [2.24, 2.45) is 11.3 Å². The normalized spacial score (nSPS) is 41.8. The van der Waals surface area contributed by atoms with E-state index in [9.17, 15) is 4.79 Å². The van der Waals surface area contributed by atoms with E-state index in [0.29, 0.717) is 5.41 Å². The molecule has 0 saturated heterocycles. The molecule has 3 aliphatic carbocycles. The monoisotopic (exact) mass is 181 g/mol. The Morgan fingerprint density at radius 2 is 1.92 bits per heavy atom. The number of fused-ring (bicyclic) bond motifs is 1. The third-order valence-electron chi connectivity index (χ3n) is 4.15. The third-order valence-corrected chi connectivity index (χ3v) is 4.15. The lowest BCUT2D eigenvalue weighted by molar-refractivity contribution is -0.123. The highest BCUT2D eigenvalue weighted by molar-refractivity contribution is 5.74. The van der Waals surface area contributed by atoms with Crippen LogP contribution in [0.4, 0.5) is 0 Å². The first kappa shape index (κ1) is 9.04. The number of rotatable bonds is 2. The van der Waals surface area contributed by atoms with Gasteiger partial charge in [0, 0.05) is 12.5 Å². The number of hydrogen-bond acceptors (Lipinski definition) is 1. The molecular formula is C11H19NO.